The topological polar surface area (TPSA) is 104 Å². The number of hydrogen-bond donors (Lipinski definition) is 3. The van der Waals surface area contributed by atoms with Crippen molar-refractivity contribution in [3.05, 3.63) is 28.3 Å². The second-order valence-electron chi connectivity index (χ2n) is 2.37. The lowest BCUT2D eigenvalue weighted by atomic mass is 9.79. The van der Waals surface area contributed by atoms with Crippen molar-refractivity contribution in [1.29, 1.82) is 0 Å². The highest BCUT2D eigenvalue weighted by Gasteiger charge is 2.23. The maximum Gasteiger partial charge on any atom is 0.495 e. The van der Waals surface area contributed by atoms with Gasteiger partial charge in [0.05, 0.1) is 16.5 Å². The van der Waals surface area contributed by atoms with E-state index in [1.165, 1.54) is 0 Å². The van der Waals surface area contributed by atoms with Gasteiger partial charge in [0.15, 0.2) is 0 Å². The quantitative estimate of drug-likeness (QED) is 0.309. The summed E-state index contributed by atoms with van der Waals surface area (Å²) in [4.78, 5) is 9.55. The van der Waals surface area contributed by atoms with Crippen molar-refractivity contribution in [3.63, 3.8) is 0 Å². The zero-order valence-electron chi connectivity index (χ0n) is 6.41. The number of aromatic hydroxyl groups is 1. The molecule has 0 radical (unpaired) electrons. The standard InChI is InChI=1S/C6H6BNO5/c9-4-1-2-5(7(10)11)6(3-4)8(12)13/h1-3,9-11H. The van der Waals surface area contributed by atoms with Crippen LogP contribution in [-0.4, -0.2) is 27.2 Å². The van der Waals surface area contributed by atoms with E-state index in [1.807, 2.05) is 0 Å². The molecule has 7 heteroatoms. The number of phenols is 1. The lowest BCUT2D eigenvalue weighted by Crippen LogP contribution is -2.31. The van der Waals surface area contributed by atoms with E-state index in [9.17, 15) is 10.1 Å². The highest BCUT2D eigenvalue weighted by molar-refractivity contribution is 6.60. The molecule has 0 unspecified atom stereocenters. The molecule has 0 amide bonds. The van der Waals surface area contributed by atoms with Crippen LogP contribution in [0.15, 0.2) is 18.2 Å². The van der Waals surface area contributed by atoms with Gasteiger partial charge in [0.25, 0.3) is 5.69 Å². The lowest BCUT2D eigenvalue weighted by molar-refractivity contribution is -0.383. The molecule has 0 fully saturated rings. The Kier molecular flexibility index (Phi) is 2.50. The Balaban J connectivity index is 3.27. The summed E-state index contributed by atoms with van der Waals surface area (Å²) in [5, 5.41) is 36.7. The van der Waals surface area contributed by atoms with Gasteiger partial charge in [0.1, 0.15) is 5.75 Å². The molecule has 0 aromatic heterocycles. The zero-order chi connectivity index (χ0) is 10.0. The van der Waals surface area contributed by atoms with Crippen LogP contribution in [0.5, 0.6) is 5.75 Å². The highest BCUT2D eigenvalue weighted by atomic mass is 16.6. The number of hydrogen-bond acceptors (Lipinski definition) is 5. The molecule has 0 aliphatic carbocycles. The fourth-order valence-electron chi connectivity index (χ4n) is 0.909. The molecule has 0 atom stereocenters. The molecule has 0 saturated heterocycles. The first-order valence-electron chi connectivity index (χ1n) is 3.36. The van der Waals surface area contributed by atoms with Crippen LogP contribution in [0.3, 0.4) is 0 Å². The molecule has 1 aromatic rings. The Bertz CT molecular complexity index is 340. The fourth-order valence-corrected chi connectivity index (χ4v) is 0.909. The number of nitrogens with zero attached hydrogens (tertiary/aromatic N) is 1. The molecule has 0 spiro atoms. The normalized spacial score (nSPS) is 9.69. The van der Waals surface area contributed by atoms with Crippen LogP contribution in [0, 0.1) is 10.1 Å². The summed E-state index contributed by atoms with van der Waals surface area (Å²) in [5.41, 5.74) is -0.766. The number of phenolic OH excluding ortho intramolecular Hbond substituents is 1. The van der Waals surface area contributed by atoms with Crippen molar-refractivity contribution in [1.82, 2.24) is 0 Å². The van der Waals surface area contributed by atoms with E-state index in [4.69, 9.17) is 15.2 Å². The van der Waals surface area contributed by atoms with E-state index in [0.29, 0.717) is 0 Å². The first-order chi connectivity index (χ1) is 6.02. The number of benzene rings is 1. The number of rotatable bonds is 2. The molecule has 68 valence electrons. The summed E-state index contributed by atoms with van der Waals surface area (Å²) >= 11 is 0. The smallest absolute Gasteiger partial charge is 0.495 e. The lowest BCUT2D eigenvalue weighted by Gasteiger charge is -2.00. The summed E-state index contributed by atoms with van der Waals surface area (Å²) in [6, 6.07) is 3.08. The third-order valence-corrected chi connectivity index (χ3v) is 1.49. The van der Waals surface area contributed by atoms with Gasteiger partial charge in [-0.3, -0.25) is 10.1 Å². The van der Waals surface area contributed by atoms with Crippen molar-refractivity contribution in [2.24, 2.45) is 0 Å². The van der Waals surface area contributed by atoms with Gasteiger partial charge >= 0.3 is 7.12 Å². The summed E-state index contributed by atoms with van der Waals surface area (Å²) in [6.07, 6.45) is 0. The molecule has 3 N–H and O–H groups in total. The monoisotopic (exact) mass is 183 g/mol. The van der Waals surface area contributed by atoms with Crippen molar-refractivity contribution in [3.8, 4) is 5.75 Å². The first-order valence-corrected chi connectivity index (χ1v) is 3.36. The Morgan fingerprint density at radius 1 is 1.38 bits per heavy atom. The largest absolute Gasteiger partial charge is 0.508 e. The van der Waals surface area contributed by atoms with E-state index in [0.717, 1.165) is 18.2 Å². The minimum absolute atomic E-state index is 0.247. The first kappa shape index (κ1) is 9.49. The highest BCUT2D eigenvalue weighted by Crippen LogP contribution is 2.15. The van der Waals surface area contributed by atoms with Crippen LogP contribution in [0.25, 0.3) is 0 Å². The van der Waals surface area contributed by atoms with E-state index < -0.39 is 17.7 Å². The predicted molar refractivity (Wildman–Crippen MR) is 44.6 cm³/mol. The molecular formula is C6H6BNO5. The predicted octanol–water partition coefficient (Wildman–Crippen LogP) is -1.02. The van der Waals surface area contributed by atoms with Gasteiger partial charge in [0, 0.05) is 0 Å². The third-order valence-electron chi connectivity index (χ3n) is 1.49. The molecule has 0 saturated carbocycles. The number of nitro benzene ring substituents is 1. The van der Waals surface area contributed by atoms with Crippen LogP contribution in [0.1, 0.15) is 0 Å². The Hall–Kier alpha value is -1.60. The fraction of sp³-hybridized carbons (Fsp3) is 0. The van der Waals surface area contributed by atoms with Crippen molar-refractivity contribution >= 4 is 18.3 Å². The van der Waals surface area contributed by atoms with E-state index in [1.54, 1.807) is 0 Å². The molecule has 0 aliphatic heterocycles. The number of nitro groups is 1. The molecule has 0 bridgehead atoms. The van der Waals surface area contributed by atoms with Gasteiger partial charge in [-0.15, -0.1) is 0 Å². The molecule has 13 heavy (non-hydrogen) atoms. The van der Waals surface area contributed by atoms with E-state index in [2.05, 4.69) is 0 Å². The molecule has 0 heterocycles. The van der Waals surface area contributed by atoms with Gasteiger partial charge < -0.3 is 15.2 Å². The van der Waals surface area contributed by atoms with E-state index in [-0.39, 0.29) is 11.2 Å². The van der Waals surface area contributed by atoms with Crippen LogP contribution < -0.4 is 5.46 Å². The van der Waals surface area contributed by atoms with Gasteiger partial charge in [-0.05, 0) is 6.07 Å². The van der Waals surface area contributed by atoms with Crippen molar-refractivity contribution in [2.45, 2.75) is 0 Å². The minimum atomic E-state index is -1.92. The summed E-state index contributed by atoms with van der Waals surface area (Å²) in [6.45, 7) is 0. The maximum absolute atomic E-state index is 10.4. The van der Waals surface area contributed by atoms with Gasteiger partial charge in [0.2, 0.25) is 0 Å². The van der Waals surface area contributed by atoms with Crippen LogP contribution in [0.4, 0.5) is 5.69 Å². The second-order valence-corrected chi connectivity index (χ2v) is 2.37. The third kappa shape index (κ3) is 1.95. The van der Waals surface area contributed by atoms with Crippen LogP contribution in [-0.2, 0) is 0 Å². The molecule has 1 rings (SSSR count). The Labute approximate surface area is 73.4 Å². The minimum Gasteiger partial charge on any atom is -0.508 e. The SMILES string of the molecule is O=[N+]([O-])c1cc(O)ccc1B(O)O. The molecule has 6 nitrogen and oxygen atoms in total. The molecular weight excluding hydrogens is 177 g/mol. The Morgan fingerprint density at radius 2 is 2.00 bits per heavy atom. The summed E-state index contributed by atoms with van der Waals surface area (Å²) < 4.78 is 0. The summed E-state index contributed by atoms with van der Waals surface area (Å²) in [5.74, 6) is -0.295. The van der Waals surface area contributed by atoms with Crippen LogP contribution in [0.2, 0.25) is 0 Å². The van der Waals surface area contributed by atoms with Crippen LogP contribution >= 0.6 is 0 Å². The maximum atomic E-state index is 10.4. The van der Waals surface area contributed by atoms with Crippen molar-refractivity contribution < 1.29 is 20.1 Å². The zero-order valence-corrected chi connectivity index (χ0v) is 6.41. The van der Waals surface area contributed by atoms with E-state index >= 15 is 0 Å². The van der Waals surface area contributed by atoms with Gasteiger partial charge in [-0.25, -0.2) is 0 Å². The Morgan fingerprint density at radius 3 is 2.46 bits per heavy atom. The van der Waals surface area contributed by atoms with Gasteiger partial charge in [-0.1, -0.05) is 6.07 Å². The molecule has 0 aliphatic rings. The average Bonchev–Trinajstić information content (AvgIpc) is 2.03. The van der Waals surface area contributed by atoms with Crippen molar-refractivity contribution in [2.75, 3.05) is 0 Å². The van der Waals surface area contributed by atoms with Gasteiger partial charge in [-0.2, -0.15) is 0 Å². The second kappa shape index (κ2) is 3.42. The summed E-state index contributed by atoms with van der Waals surface area (Å²) in [7, 11) is -1.92. The molecule has 1 aromatic carbocycles. The average molecular weight is 183 g/mol.